The van der Waals surface area contributed by atoms with Gasteiger partial charge in [0.1, 0.15) is 11.3 Å². The fourth-order valence-corrected chi connectivity index (χ4v) is 6.91. The lowest BCUT2D eigenvalue weighted by molar-refractivity contribution is 0.0474. The zero-order valence-electron chi connectivity index (χ0n) is 19.4. The van der Waals surface area contributed by atoms with Crippen molar-refractivity contribution < 1.29 is 24.7 Å². The summed E-state index contributed by atoms with van der Waals surface area (Å²) in [6, 6.07) is 1.62. The Morgan fingerprint density at radius 2 is 1.77 bits per heavy atom. The maximum Gasteiger partial charge on any atom is 0.496 e. The number of aromatic hydroxyl groups is 2. The number of rotatable bonds is 4. The molecule has 1 fully saturated rings. The van der Waals surface area contributed by atoms with Crippen LogP contribution in [-0.2, 0) is 5.41 Å². The van der Waals surface area contributed by atoms with E-state index in [2.05, 4.69) is 39.5 Å². The van der Waals surface area contributed by atoms with Crippen molar-refractivity contribution in [2.45, 2.75) is 78.2 Å². The molecule has 0 bridgehead atoms. The second-order valence-electron chi connectivity index (χ2n) is 10.4. The van der Waals surface area contributed by atoms with E-state index in [1.54, 1.807) is 6.07 Å². The molecule has 31 heavy (non-hydrogen) atoms. The van der Waals surface area contributed by atoms with Gasteiger partial charge in [-0.15, -0.1) is 0 Å². The van der Waals surface area contributed by atoms with Crippen LogP contribution in [0.15, 0.2) is 10.5 Å². The molecule has 0 spiro atoms. The molecular weight excluding hydrogens is 393 g/mol. The summed E-state index contributed by atoms with van der Waals surface area (Å²) in [6.07, 6.45) is 5.37. The third-order valence-electron chi connectivity index (χ3n) is 8.34. The summed E-state index contributed by atoms with van der Waals surface area (Å²) >= 11 is 0. The van der Waals surface area contributed by atoms with Gasteiger partial charge in [0.2, 0.25) is 0 Å². The third-order valence-corrected chi connectivity index (χ3v) is 8.34. The SMILES string of the molecule is CCN(CC)C1CC[C@@H]2C(C)(C)CCC[C@@]2(C)c2c1oc1c(B(O)O)c(O)c(O)cc21. The summed E-state index contributed by atoms with van der Waals surface area (Å²) in [6.45, 7) is 13.1. The average molecular weight is 429 g/mol. The number of phenols is 2. The summed E-state index contributed by atoms with van der Waals surface area (Å²) in [5.74, 6) is 0.412. The van der Waals surface area contributed by atoms with Crippen molar-refractivity contribution in [3.8, 4) is 11.5 Å². The second kappa shape index (κ2) is 7.71. The van der Waals surface area contributed by atoms with E-state index in [4.69, 9.17) is 4.42 Å². The van der Waals surface area contributed by atoms with Crippen molar-refractivity contribution in [1.82, 2.24) is 4.90 Å². The van der Waals surface area contributed by atoms with Crippen LogP contribution in [0.3, 0.4) is 0 Å². The maximum absolute atomic E-state index is 10.5. The molecule has 1 heterocycles. The molecule has 2 aromatic rings. The first kappa shape index (κ1) is 22.5. The summed E-state index contributed by atoms with van der Waals surface area (Å²) < 4.78 is 6.45. The maximum atomic E-state index is 10.5. The zero-order valence-corrected chi connectivity index (χ0v) is 19.4. The number of hydrogen-bond acceptors (Lipinski definition) is 6. The molecule has 7 heteroatoms. The Kier molecular flexibility index (Phi) is 5.60. The Morgan fingerprint density at radius 1 is 1.10 bits per heavy atom. The largest absolute Gasteiger partial charge is 0.504 e. The van der Waals surface area contributed by atoms with Crippen LogP contribution in [0.1, 0.15) is 84.1 Å². The van der Waals surface area contributed by atoms with Crippen LogP contribution in [0.4, 0.5) is 0 Å². The number of furan rings is 1. The Bertz CT molecular complexity index is 980. The van der Waals surface area contributed by atoms with Crippen LogP contribution in [-0.4, -0.2) is 45.4 Å². The molecule has 1 aromatic heterocycles. The van der Waals surface area contributed by atoms with Gasteiger partial charge in [-0.25, -0.2) is 0 Å². The molecular formula is C24H36BNO5. The number of benzene rings is 1. The van der Waals surface area contributed by atoms with E-state index in [0.29, 0.717) is 11.3 Å². The van der Waals surface area contributed by atoms with Gasteiger partial charge in [0.15, 0.2) is 11.5 Å². The molecule has 0 saturated heterocycles. The Hall–Kier alpha value is -1.70. The molecule has 4 N–H and O–H groups in total. The summed E-state index contributed by atoms with van der Waals surface area (Å²) in [5.41, 5.74) is 1.21. The smallest absolute Gasteiger partial charge is 0.496 e. The number of fused-ring (bicyclic) bond motifs is 5. The lowest BCUT2D eigenvalue weighted by atomic mass is 9.53. The van der Waals surface area contributed by atoms with Crippen molar-refractivity contribution in [3.63, 3.8) is 0 Å². The first-order valence-electron chi connectivity index (χ1n) is 11.7. The van der Waals surface area contributed by atoms with Crippen molar-refractivity contribution in [2.75, 3.05) is 13.1 Å². The van der Waals surface area contributed by atoms with Crippen LogP contribution in [0.2, 0.25) is 0 Å². The van der Waals surface area contributed by atoms with Crippen LogP contribution in [0.25, 0.3) is 11.0 Å². The van der Waals surface area contributed by atoms with Gasteiger partial charge >= 0.3 is 7.12 Å². The molecule has 3 atom stereocenters. The number of phenolic OH excluding ortho intramolecular Hbond substituents is 2. The molecule has 2 aliphatic carbocycles. The summed E-state index contributed by atoms with van der Waals surface area (Å²) in [7, 11) is -1.94. The van der Waals surface area contributed by atoms with E-state index in [-0.39, 0.29) is 33.7 Å². The molecule has 0 radical (unpaired) electrons. The van der Waals surface area contributed by atoms with E-state index in [9.17, 15) is 20.3 Å². The van der Waals surface area contributed by atoms with Gasteiger partial charge in [0, 0.05) is 10.9 Å². The molecule has 0 amide bonds. The van der Waals surface area contributed by atoms with Crippen molar-refractivity contribution in [3.05, 3.63) is 17.4 Å². The normalized spacial score (nSPS) is 27.7. The van der Waals surface area contributed by atoms with E-state index in [1.165, 1.54) is 6.42 Å². The van der Waals surface area contributed by atoms with Crippen molar-refractivity contribution >= 4 is 23.6 Å². The average Bonchev–Trinajstić information content (AvgIpc) is 2.99. The van der Waals surface area contributed by atoms with Crippen LogP contribution in [0, 0.1) is 11.3 Å². The summed E-state index contributed by atoms with van der Waals surface area (Å²) in [5, 5.41) is 41.6. The van der Waals surface area contributed by atoms with Gasteiger partial charge in [-0.05, 0) is 61.6 Å². The van der Waals surface area contributed by atoms with Crippen LogP contribution >= 0.6 is 0 Å². The monoisotopic (exact) mass is 429 g/mol. The van der Waals surface area contributed by atoms with Gasteiger partial charge in [-0.3, -0.25) is 4.90 Å². The van der Waals surface area contributed by atoms with Gasteiger partial charge in [0.25, 0.3) is 0 Å². The van der Waals surface area contributed by atoms with Gasteiger partial charge in [-0.2, -0.15) is 0 Å². The minimum atomic E-state index is -1.94. The predicted molar refractivity (Wildman–Crippen MR) is 123 cm³/mol. The highest BCUT2D eigenvalue weighted by Crippen LogP contribution is 2.60. The van der Waals surface area contributed by atoms with Gasteiger partial charge < -0.3 is 24.7 Å². The molecule has 1 unspecified atom stereocenters. The quantitative estimate of drug-likeness (QED) is 0.436. The second-order valence-corrected chi connectivity index (χ2v) is 10.4. The lowest BCUT2D eigenvalue weighted by Crippen LogP contribution is -2.44. The Morgan fingerprint density at radius 3 is 2.39 bits per heavy atom. The Balaban J connectivity index is 2.09. The molecule has 2 aliphatic rings. The zero-order chi connectivity index (χ0) is 22.7. The van der Waals surface area contributed by atoms with Crippen LogP contribution < -0.4 is 5.46 Å². The first-order chi connectivity index (χ1) is 14.6. The standard InChI is InChI=1S/C24H36BNO5/c1-6-26(7-2)15-9-10-17-23(3,4)11-8-12-24(17,5)18-14-13-16(27)20(28)19(25(29)30)21(14)31-22(15)18/h13,15,17,27-30H,6-12H2,1-5H3/t15?,17-,24-/m1/s1. The minimum absolute atomic E-state index is 0.0728. The highest BCUT2D eigenvalue weighted by atomic mass is 16.4. The van der Waals surface area contributed by atoms with E-state index in [0.717, 1.165) is 50.1 Å². The molecule has 1 saturated carbocycles. The fourth-order valence-electron chi connectivity index (χ4n) is 6.91. The number of hydrogen-bond donors (Lipinski definition) is 4. The fraction of sp³-hybridized carbons (Fsp3) is 0.667. The highest BCUT2D eigenvalue weighted by Gasteiger charge is 2.52. The highest BCUT2D eigenvalue weighted by molar-refractivity contribution is 6.63. The molecule has 4 rings (SSSR count). The minimum Gasteiger partial charge on any atom is -0.504 e. The van der Waals surface area contributed by atoms with Crippen LogP contribution in [0.5, 0.6) is 11.5 Å². The lowest BCUT2D eigenvalue weighted by Gasteiger charge is -2.50. The van der Waals surface area contributed by atoms with Gasteiger partial charge in [0.05, 0.1) is 11.5 Å². The molecule has 6 nitrogen and oxygen atoms in total. The van der Waals surface area contributed by atoms with E-state index in [1.807, 2.05) is 0 Å². The van der Waals surface area contributed by atoms with Crippen molar-refractivity contribution in [1.29, 1.82) is 0 Å². The number of nitrogens with zero attached hydrogens (tertiary/aromatic N) is 1. The topological polar surface area (TPSA) is 97.3 Å². The van der Waals surface area contributed by atoms with E-state index >= 15 is 0 Å². The van der Waals surface area contributed by atoms with Gasteiger partial charge in [-0.1, -0.05) is 41.0 Å². The van der Waals surface area contributed by atoms with E-state index < -0.39 is 12.9 Å². The Labute approximate surface area is 185 Å². The molecule has 1 aromatic carbocycles. The summed E-state index contributed by atoms with van der Waals surface area (Å²) in [4.78, 5) is 2.39. The first-order valence-corrected chi connectivity index (χ1v) is 11.7. The van der Waals surface area contributed by atoms with Crippen molar-refractivity contribution in [2.24, 2.45) is 11.3 Å². The predicted octanol–water partition coefficient (Wildman–Crippen LogP) is 3.78. The molecule has 0 aliphatic heterocycles. The third kappa shape index (κ3) is 3.28. The molecule has 170 valence electrons.